The molecular weight excluding hydrogens is 853 g/mol. The van der Waals surface area contributed by atoms with Gasteiger partial charge in [0.1, 0.15) is 0 Å². The Morgan fingerprint density at radius 1 is 0.746 bits per heavy atom. The van der Waals surface area contributed by atoms with E-state index in [1.165, 1.54) is 19.3 Å². The van der Waals surface area contributed by atoms with Gasteiger partial charge in [-0.1, -0.05) is 60.5 Å². The van der Waals surface area contributed by atoms with E-state index in [1.807, 2.05) is 24.3 Å². The fraction of sp³-hybridized carbons (Fsp3) is 0.543. The van der Waals surface area contributed by atoms with E-state index in [4.69, 9.17) is 38.2 Å². The van der Waals surface area contributed by atoms with Gasteiger partial charge in [-0.2, -0.15) is 0 Å². The second-order valence-electron chi connectivity index (χ2n) is 17.1. The number of aliphatic carboxylic acids is 4. The van der Waals surface area contributed by atoms with Crippen molar-refractivity contribution in [1.29, 1.82) is 0 Å². The maximum atomic E-state index is 14.0. The van der Waals surface area contributed by atoms with Crippen LogP contribution in [0.2, 0.25) is 10.0 Å². The number of fused-ring (bicyclic) bond motifs is 2. The first-order chi connectivity index (χ1) is 30.2. The molecule has 342 valence electrons. The van der Waals surface area contributed by atoms with Crippen molar-refractivity contribution < 1.29 is 49.1 Å². The highest BCUT2D eigenvalue weighted by molar-refractivity contribution is 6.36. The number of nitrogens with one attached hydrogen (secondary N) is 2. The summed E-state index contributed by atoms with van der Waals surface area (Å²) >= 11 is 13.4. The SMILES string of the molecule is CC1CC2CC(N3CCN(C(=O)CC4=C(C(=O)O)C(c5c(Cl)cccc5Cl)C(C(=O)O)=C(CCc5ccccc5COCCN5CCCC5)N4)CC3)CC1N2.O=C(O)CCC(=O)O. The smallest absolute Gasteiger partial charge is 0.334 e. The standard InChI is InChI=1S/C42H53Cl2N5O6.C4H6O4/c1-26-21-29-22-30(23-34(26)45-29)48-15-17-49(18-16-48)36(50)24-35-39(42(53)54)40(37-31(43)9-6-10-32(37)44)38(41(51)52)33(46-35)12-11-27-7-2-3-8-28(27)25-55-20-19-47-13-4-5-14-47;5-3(6)1-2-4(7)8/h2-3,6-10,26,29-30,34,40,45-46H,4-5,11-25H2,1H3,(H,51,52)(H,53,54);1-2H2,(H,5,6)(H,7,8). The second-order valence-corrected chi connectivity index (χ2v) is 18.0. The van der Waals surface area contributed by atoms with Crippen molar-refractivity contribution in [2.45, 2.75) is 102 Å². The van der Waals surface area contributed by atoms with E-state index in [0.29, 0.717) is 62.5 Å². The molecular formula is C46H59Cl2N5O10. The highest BCUT2D eigenvalue weighted by Crippen LogP contribution is 2.45. The molecule has 63 heavy (non-hydrogen) atoms. The number of carbonyl (C=O) groups is 5. The van der Waals surface area contributed by atoms with Crippen LogP contribution in [0.3, 0.4) is 0 Å². The zero-order valence-electron chi connectivity index (χ0n) is 35.7. The molecule has 2 aromatic carbocycles. The van der Waals surface area contributed by atoms with Crippen LogP contribution in [-0.4, -0.2) is 135 Å². The Kier molecular flexibility index (Phi) is 17.1. The lowest BCUT2D eigenvalue weighted by Crippen LogP contribution is -2.56. The van der Waals surface area contributed by atoms with Gasteiger partial charge in [0.15, 0.2) is 0 Å². The van der Waals surface area contributed by atoms with Crippen molar-refractivity contribution in [1.82, 2.24) is 25.3 Å². The van der Waals surface area contributed by atoms with Gasteiger partial charge in [-0.15, -0.1) is 0 Å². The molecule has 6 N–H and O–H groups in total. The minimum atomic E-state index is -1.34. The van der Waals surface area contributed by atoms with E-state index in [0.717, 1.165) is 56.7 Å². The monoisotopic (exact) mass is 911 g/mol. The number of hydrogen-bond acceptors (Lipinski definition) is 10. The van der Waals surface area contributed by atoms with Crippen LogP contribution in [0.25, 0.3) is 0 Å². The predicted octanol–water partition coefficient (Wildman–Crippen LogP) is 5.60. The molecule has 4 fully saturated rings. The first-order valence-electron chi connectivity index (χ1n) is 21.9. The number of ether oxygens (including phenoxy) is 1. The number of rotatable bonds is 17. The third kappa shape index (κ3) is 12.6. The predicted molar refractivity (Wildman–Crippen MR) is 237 cm³/mol. The first kappa shape index (κ1) is 48.0. The van der Waals surface area contributed by atoms with E-state index in [1.54, 1.807) is 23.1 Å². The molecule has 2 aromatic rings. The number of nitrogens with zero attached hydrogens (tertiary/aromatic N) is 3. The molecule has 0 radical (unpaired) electrons. The zero-order valence-corrected chi connectivity index (χ0v) is 37.2. The molecule has 5 unspecified atom stereocenters. The quantitative estimate of drug-likeness (QED) is 0.107. The summed E-state index contributed by atoms with van der Waals surface area (Å²) in [7, 11) is 0. The number of carboxylic acid groups (broad SMARTS) is 4. The molecule has 0 aliphatic carbocycles. The summed E-state index contributed by atoms with van der Waals surface area (Å²) in [6, 6.07) is 14.3. The summed E-state index contributed by atoms with van der Waals surface area (Å²) < 4.78 is 6.08. The van der Waals surface area contributed by atoms with Crippen LogP contribution in [0, 0.1) is 5.92 Å². The lowest BCUT2D eigenvalue weighted by atomic mass is 9.78. The summed E-state index contributed by atoms with van der Waals surface area (Å²) in [5, 5.41) is 44.5. The number of dihydropyridines is 1. The summed E-state index contributed by atoms with van der Waals surface area (Å²) in [6.07, 6.45) is 5.78. The minimum absolute atomic E-state index is 0.148. The number of aryl methyl sites for hydroxylation is 1. The third-order valence-corrected chi connectivity index (χ3v) is 13.6. The molecule has 2 bridgehead atoms. The summed E-state index contributed by atoms with van der Waals surface area (Å²) in [6.45, 7) is 9.09. The number of amides is 1. The lowest BCUT2D eigenvalue weighted by molar-refractivity contribution is -0.143. The average Bonchev–Trinajstić information content (AvgIpc) is 3.86. The van der Waals surface area contributed by atoms with Crippen LogP contribution in [0.1, 0.15) is 87.3 Å². The topological polar surface area (TPSA) is 209 Å². The molecule has 5 atom stereocenters. The van der Waals surface area contributed by atoms with Gasteiger partial charge in [-0.05, 0) is 87.2 Å². The molecule has 15 nitrogen and oxygen atoms in total. The highest BCUT2D eigenvalue weighted by atomic mass is 35.5. The molecule has 0 saturated carbocycles. The van der Waals surface area contributed by atoms with E-state index < -0.39 is 29.8 Å². The molecule has 0 aromatic heterocycles. The number of likely N-dealkylation sites (tertiary alicyclic amines) is 1. The van der Waals surface area contributed by atoms with Crippen LogP contribution < -0.4 is 10.6 Å². The normalized spacial score (nSPS) is 23.9. The third-order valence-electron chi connectivity index (χ3n) is 13.0. The Bertz CT molecular complexity index is 2030. The number of allylic oxidation sites excluding steroid dienone is 1. The molecule has 5 aliphatic heterocycles. The fourth-order valence-corrected chi connectivity index (χ4v) is 10.4. The molecule has 7 rings (SSSR count). The number of halogens is 2. The fourth-order valence-electron chi connectivity index (χ4n) is 9.75. The number of carboxylic acids is 4. The number of piperidine rings is 1. The van der Waals surface area contributed by atoms with Crippen molar-refractivity contribution in [2.24, 2.45) is 5.92 Å². The van der Waals surface area contributed by atoms with Crippen LogP contribution in [0.15, 0.2) is 65.0 Å². The van der Waals surface area contributed by atoms with Gasteiger partial charge in [-0.3, -0.25) is 19.3 Å². The lowest BCUT2D eigenvalue weighted by Gasteiger charge is -2.43. The summed E-state index contributed by atoms with van der Waals surface area (Å²) in [4.78, 5) is 66.4. The number of carbonyl (C=O) groups excluding carboxylic acids is 1. The Hall–Kier alpha value is -4.51. The molecule has 5 heterocycles. The number of benzene rings is 2. The zero-order chi connectivity index (χ0) is 45.2. The van der Waals surface area contributed by atoms with Gasteiger partial charge >= 0.3 is 23.9 Å². The van der Waals surface area contributed by atoms with E-state index in [2.05, 4.69) is 27.4 Å². The summed E-state index contributed by atoms with van der Waals surface area (Å²) in [5.41, 5.74) is 2.28. The van der Waals surface area contributed by atoms with Crippen molar-refractivity contribution >= 4 is 53.0 Å². The van der Waals surface area contributed by atoms with Crippen molar-refractivity contribution in [3.63, 3.8) is 0 Å². The molecule has 5 aliphatic rings. The highest BCUT2D eigenvalue weighted by Gasteiger charge is 2.43. The van der Waals surface area contributed by atoms with Gasteiger partial charge < -0.3 is 45.6 Å². The van der Waals surface area contributed by atoms with Gasteiger partial charge in [0, 0.05) is 77.9 Å². The van der Waals surface area contributed by atoms with Crippen LogP contribution in [-0.2, 0) is 41.7 Å². The largest absolute Gasteiger partial charge is 0.481 e. The first-order valence-corrected chi connectivity index (χ1v) is 22.7. The van der Waals surface area contributed by atoms with Gasteiger partial charge in [-0.25, -0.2) is 9.59 Å². The Balaban J connectivity index is 0.000000753. The molecule has 1 amide bonds. The maximum absolute atomic E-state index is 14.0. The Morgan fingerprint density at radius 2 is 1.37 bits per heavy atom. The number of hydrogen-bond donors (Lipinski definition) is 6. The van der Waals surface area contributed by atoms with Gasteiger partial charge in [0.25, 0.3) is 0 Å². The van der Waals surface area contributed by atoms with Crippen molar-refractivity contribution in [2.75, 3.05) is 52.4 Å². The van der Waals surface area contributed by atoms with Crippen molar-refractivity contribution in [3.8, 4) is 0 Å². The summed E-state index contributed by atoms with van der Waals surface area (Å²) in [5.74, 6) is -5.62. The minimum Gasteiger partial charge on any atom is -0.481 e. The second kappa shape index (κ2) is 22.4. The maximum Gasteiger partial charge on any atom is 0.334 e. The Labute approximate surface area is 378 Å². The van der Waals surface area contributed by atoms with Gasteiger partial charge in [0.2, 0.25) is 5.91 Å². The van der Waals surface area contributed by atoms with E-state index in [9.17, 15) is 34.2 Å². The number of piperazine rings is 1. The molecule has 0 spiro atoms. The van der Waals surface area contributed by atoms with E-state index >= 15 is 0 Å². The Morgan fingerprint density at radius 3 is 1.97 bits per heavy atom. The van der Waals surface area contributed by atoms with Crippen molar-refractivity contribution in [3.05, 3.63) is 91.7 Å². The molecule has 4 saturated heterocycles. The molecule has 17 heteroatoms. The van der Waals surface area contributed by atoms with Crippen LogP contribution in [0.5, 0.6) is 0 Å². The van der Waals surface area contributed by atoms with Crippen LogP contribution >= 0.6 is 23.2 Å². The average molecular weight is 913 g/mol. The van der Waals surface area contributed by atoms with Crippen LogP contribution in [0.4, 0.5) is 0 Å². The van der Waals surface area contributed by atoms with Gasteiger partial charge in [0.05, 0.1) is 49.5 Å². The van der Waals surface area contributed by atoms with E-state index in [-0.39, 0.29) is 64.0 Å².